The van der Waals surface area contributed by atoms with Gasteiger partial charge in [0.15, 0.2) is 0 Å². The normalized spacial score (nSPS) is 28.5. The number of carbonyl (C=O) groups is 3. The molecular formula is C16H13NO5-2. The van der Waals surface area contributed by atoms with Crippen LogP contribution in [0.2, 0.25) is 0 Å². The van der Waals surface area contributed by atoms with Gasteiger partial charge >= 0.3 is 0 Å². The van der Waals surface area contributed by atoms with Gasteiger partial charge in [-0.3, -0.25) is 4.79 Å². The van der Waals surface area contributed by atoms with E-state index in [9.17, 15) is 24.6 Å². The summed E-state index contributed by atoms with van der Waals surface area (Å²) in [6, 6.07) is 5.53. The molecule has 1 amide bonds. The molecule has 0 radical (unpaired) electrons. The summed E-state index contributed by atoms with van der Waals surface area (Å²) in [4.78, 5) is 34.3. The molecule has 0 heterocycles. The highest BCUT2D eigenvalue weighted by molar-refractivity contribution is 5.96. The highest BCUT2D eigenvalue weighted by Crippen LogP contribution is 2.48. The maximum atomic E-state index is 12.4. The predicted molar refractivity (Wildman–Crippen MR) is 72.1 cm³/mol. The van der Waals surface area contributed by atoms with Crippen LogP contribution < -0.4 is 15.5 Å². The van der Waals surface area contributed by atoms with Crippen LogP contribution in [0.25, 0.3) is 0 Å². The number of aliphatic carboxylic acids is 1. The molecule has 6 heteroatoms. The lowest BCUT2D eigenvalue weighted by Crippen LogP contribution is -2.42. The molecule has 2 aliphatic rings. The van der Waals surface area contributed by atoms with Crippen LogP contribution in [0.4, 0.5) is 5.69 Å². The van der Waals surface area contributed by atoms with Gasteiger partial charge in [-0.25, -0.2) is 0 Å². The van der Waals surface area contributed by atoms with Crippen molar-refractivity contribution in [1.82, 2.24) is 0 Å². The number of hydrogen-bond donors (Lipinski definition) is 1. The first kappa shape index (κ1) is 14.3. The van der Waals surface area contributed by atoms with Gasteiger partial charge in [0.25, 0.3) is 0 Å². The number of allylic oxidation sites excluding steroid dienone is 2. The van der Waals surface area contributed by atoms with Gasteiger partial charge < -0.3 is 25.1 Å². The van der Waals surface area contributed by atoms with E-state index < -0.39 is 23.8 Å². The number of hydrogen-bond acceptors (Lipinski definition) is 5. The van der Waals surface area contributed by atoms with Crippen LogP contribution in [0.15, 0.2) is 36.4 Å². The highest BCUT2D eigenvalue weighted by atomic mass is 16.4. The van der Waals surface area contributed by atoms with Crippen molar-refractivity contribution in [3.05, 3.63) is 42.0 Å². The molecule has 1 aromatic carbocycles. The molecule has 2 aliphatic carbocycles. The smallest absolute Gasteiger partial charge is 0.228 e. The number of nitrogens with one attached hydrogen (secondary N) is 1. The molecule has 4 atom stereocenters. The number of carboxylic acid groups (broad SMARTS) is 2. The van der Waals surface area contributed by atoms with E-state index in [1.807, 2.05) is 12.2 Å². The van der Waals surface area contributed by atoms with Crippen molar-refractivity contribution in [3.8, 4) is 0 Å². The Morgan fingerprint density at radius 2 is 1.55 bits per heavy atom. The largest absolute Gasteiger partial charge is 0.550 e. The first-order chi connectivity index (χ1) is 10.5. The van der Waals surface area contributed by atoms with Crippen LogP contribution in [0, 0.1) is 23.7 Å². The van der Waals surface area contributed by atoms with Gasteiger partial charge in [0.2, 0.25) is 5.91 Å². The molecule has 3 rings (SSSR count). The Morgan fingerprint density at radius 1 is 0.955 bits per heavy atom. The topological polar surface area (TPSA) is 109 Å². The molecule has 6 nitrogen and oxygen atoms in total. The van der Waals surface area contributed by atoms with Crippen molar-refractivity contribution in [2.75, 3.05) is 5.32 Å². The summed E-state index contributed by atoms with van der Waals surface area (Å²) in [6.45, 7) is 0. The van der Waals surface area contributed by atoms with Crippen LogP contribution in [-0.2, 0) is 9.59 Å². The van der Waals surface area contributed by atoms with E-state index in [0.29, 0.717) is 12.1 Å². The Kier molecular flexibility index (Phi) is 3.44. The van der Waals surface area contributed by atoms with Gasteiger partial charge in [0.1, 0.15) is 0 Å². The second-order valence-corrected chi connectivity index (χ2v) is 5.67. The zero-order chi connectivity index (χ0) is 15.9. The SMILES string of the molecule is O=C([O-])c1ccc(NC(=O)[C@H]2[C@@H](C(=O)[O-])[C@H]3C=C[C@H]2C3)cc1. The first-order valence-electron chi connectivity index (χ1n) is 6.99. The summed E-state index contributed by atoms with van der Waals surface area (Å²) >= 11 is 0. The van der Waals surface area contributed by atoms with Crippen molar-refractivity contribution >= 4 is 23.5 Å². The van der Waals surface area contributed by atoms with Crippen molar-refractivity contribution in [2.45, 2.75) is 6.42 Å². The van der Waals surface area contributed by atoms with E-state index in [-0.39, 0.29) is 23.3 Å². The minimum atomic E-state index is -1.30. The van der Waals surface area contributed by atoms with E-state index >= 15 is 0 Å². The number of benzene rings is 1. The molecule has 22 heavy (non-hydrogen) atoms. The van der Waals surface area contributed by atoms with Crippen LogP contribution in [-0.4, -0.2) is 17.8 Å². The Balaban J connectivity index is 1.75. The standard InChI is InChI=1S/C16H15NO5/c18-14(17-11-5-3-8(4-6-11)15(19)20)12-9-1-2-10(7-9)13(12)16(21)22/h1-6,9-10,12-13H,7H2,(H,17,18)(H,19,20)(H,21,22)/p-2/t9-,10-,12+,13-/m0/s1. The Hall–Kier alpha value is -2.63. The molecule has 0 unspecified atom stereocenters. The summed E-state index contributed by atoms with van der Waals surface area (Å²) in [6.07, 6.45) is 4.37. The van der Waals surface area contributed by atoms with E-state index in [0.717, 1.165) is 0 Å². The number of anilines is 1. The number of aromatic carboxylic acids is 1. The fraction of sp³-hybridized carbons (Fsp3) is 0.312. The second-order valence-electron chi connectivity index (χ2n) is 5.67. The van der Waals surface area contributed by atoms with Crippen LogP contribution in [0.1, 0.15) is 16.8 Å². The summed E-state index contributed by atoms with van der Waals surface area (Å²) in [5.74, 6) is -4.58. The van der Waals surface area contributed by atoms with Crippen molar-refractivity contribution in [3.63, 3.8) is 0 Å². The number of carboxylic acids is 2. The Labute approximate surface area is 126 Å². The maximum Gasteiger partial charge on any atom is 0.228 e. The molecule has 1 aromatic rings. The molecule has 0 aromatic heterocycles. The number of rotatable bonds is 4. The lowest BCUT2D eigenvalue weighted by Gasteiger charge is -2.27. The summed E-state index contributed by atoms with van der Waals surface area (Å²) < 4.78 is 0. The minimum absolute atomic E-state index is 0.00784. The monoisotopic (exact) mass is 299 g/mol. The molecule has 1 N–H and O–H groups in total. The molecular weight excluding hydrogens is 286 g/mol. The molecule has 0 saturated heterocycles. The fourth-order valence-electron chi connectivity index (χ4n) is 3.42. The van der Waals surface area contributed by atoms with E-state index in [2.05, 4.69) is 5.32 Å². The van der Waals surface area contributed by atoms with Gasteiger partial charge in [-0.1, -0.05) is 24.3 Å². The van der Waals surface area contributed by atoms with E-state index in [1.54, 1.807) is 0 Å². The van der Waals surface area contributed by atoms with Crippen LogP contribution in [0.3, 0.4) is 0 Å². The fourth-order valence-corrected chi connectivity index (χ4v) is 3.42. The average Bonchev–Trinajstić information content (AvgIpc) is 3.08. The summed E-state index contributed by atoms with van der Waals surface area (Å²) in [7, 11) is 0. The van der Waals surface area contributed by atoms with Gasteiger partial charge in [-0.15, -0.1) is 0 Å². The van der Waals surface area contributed by atoms with Crippen LogP contribution >= 0.6 is 0 Å². The lowest BCUT2D eigenvalue weighted by atomic mass is 9.82. The van der Waals surface area contributed by atoms with Gasteiger partial charge in [-0.2, -0.15) is 0 Å². The van der Waals surface area contributed by atoms with Gasteiger partial charge in [-0.05, 0) is 36.0 Å². The van der Waals surface area contributed by atoms with Crippen molar-refractivity contribution in [1.29, 1.82) is 0 Å². The number of fused-ring (bicyclic) bond motifs is 2. The molecule has 0 aliphatic heterocycles. The average molecular weight is 299 g/mol. The third kappa shape index (κ3) is 2.36. The molecule has 1 fully saturated rings. The molecule has 2 bridgehead atoms. The first-order valence-corrected chi connectivity index (χ1v) is 6.99. The van der Waals surface area contributed by atoms with Crippen molar-refractivity contribution in [2.24, 2.45) is 23.7 Å². The second kappa shape index (κ2) is 5.29. The minimum Gasteiger partial charge on any atom is -0.550 e. The molecule has 1 saturated carbocycles. The Bertz CT molecular complexity index is 664. The summed E-state index contributed by atoms with van der Waals surface area (Å²) in [5, 5.41) is 24.6. The Morgan fingerprint density at radius 3 is 2.09 bits per heavy atom. The zero-order valence-corrected chi connectivity index (χ0v) is 11.5. The third-order valence-electron chi connectivity index (χ3n) is 4.42. The predicted octanol–water partition coefficient (Wildman–Crippen LogP) is -0.823. The van der Waals surface area contributed by atoms with Crippen LogP contribution in [0.5, 0.6) is 0 Å². The maximum absolute atomic E-state index is 12.4. The van der Waals surface area contributed by atoms with Crippen molar-refractivity contribution < 1.29 is 24.6 Å². The molecule has 0 spiro atoms. The van der Waals surface area contributed by atoms with E-state index in [1.165, 1.54) is 24.3 Å². The van der Waals surface area contributed by atoms with E-state index in [4.69, 9.17) is 0 Å². The quantitative estimate of drug-likeness (QED) is 0.730. The molecule has 114 valence electrons. The number of amides is 1. The van der Waals surface area contributed by atoms with Gasteiger partial charge in [0, 0.05) is 17.6 Å². The third-order valence-corrected chi connectivity index (χ3v) is 4.42. The zero-order valence-electron chi connectivity index (χ0n) is 11.5. The summed E-state index contributed by atoms with van der Waals surface area (Å²) in [5.41, 5.74) is 0.423. The lowest BCUT2D eigenvalue weighted by molar-refractivity contribution is -0.313. The van der Waals surface area contributed by atoms with Gasteiger partial charge in [0.05, 0.1) is 11.9 Å². The highest BCUT2D eigenvalue weighted by Gasteiger charge is 2.48. The number of carbonyl (C=O) groups excluding carboxylic acids is 3.